The fourth-order valence-corrected chi connectivity index (χ4v) is 19.9. The normalized spacial score (nSPS) is 40.3. The van der Waals surface area contributed by atoms with Gasteiger partial charge in [-0.1, -0.05) is 39.3 Å². The Kier molecular flexibility index (Phi) is 2.50. The van der Waals surface area contributed by atoms with Gasteiger partial charge >= 0.3 is 0 Å². The van der Waals surface area contributed by atoms with Crippen LogP contribution in [0.15, 0.2) is 0 Å². The first kappa shape index (κ1) is 13.4. The minimum absolute atomic E-state index is 0.405. The molecule has 1 aliphatic rings. The van der Waals surface area contributed by atoms with Crippen molar-refractivity contribution in [2.75, 3.05) is 0 Å². The van der Waals surface area contributed by atoms with E-state index in [1.165, 1.54) is 0 Å². The van der Waals surface area contributed by atoms with Gasteiger partial charge in [-0.25, -0.2) is 8.42 Å². The van der Waals surface area contributed by atoms with Gasteiger partial charge in [0.05, 0.1) is 24.9 Å². The Morgan fingerprint density at radius 2 is 0.933 bits per heavy atom. The molecule has 1 aliphatic heterocycles. The number of hydrogen-bond donors (Lipinski definition) is 0. The molecule has 1 saturated heterocycles. The number of rotatable bonds is 2. The molecule has 15 heavy (non-hydrogen) atoms. The molecule has 0 amide bonds. The summed E-state index contributed by atoms with van der Waals surface area (Å²) in [6.07, 6.45) is 0. The maximum atomic E-state index is 12.4. The Balaban J connectivity index is 3.44. The monoisotopic (exact) mass is 264 g/mol. The van der Waals surface area contributed by atoms with Gasteiger partial charge in [-0.15, -0.1) is 0 Å². The Morgan fingerprint density at radius 3 is 1.00 bits per heavy atom. The summed E-state index contributed by atoms with van der Waals surface area (Å²) < 4.78 is 24.0. The molecule has 0 saturated carbocycles. The van der Waals surface area contributed by atoms with E-state index in [1.807, 2.05) is 13.8 Å². The molecule has 0 unspecified atom stereocenters. The van der Waals surface area contributed by atoms with Crippen molar-refractivity contribution in [2.24, 2.45) is 0 Å². The standard InChI is InChI=1S/C10H24O2SSi2/c1-9(14(3,4)5)10(2,13(9,11)12)15(6,7)8/h1-8H3/t9-,10-/m1/s1. The molecular formula is C10H24O2SSi2. The first-order valence-corrected chi connectivity index (χ1v) is 14.0. The zero-order valence-electron chi connectivity index (χ0n) is 11.2. The van der Waals surface area contributed by atoms with E-state index in [-0.39, 0.29) is 0 Å². The van der Waals surface area contributed by atoms with Crippen LogP contribution < -0.4 is 0 Å². The van der Waals surface area contributed by atoms with Crippen LogP contribution >= 0.6 is 0 Å². The number of hydrogen-bond acceptors (Lipinski definition) is 2. The maximum Gasteiger partial charge on any atom is 0.158 e. The van der Waals surface area contributed by atoms with E-state index >= 15 is 0 Å². The molecule has 5 heteroatoms. The molecule has 1 rings (SSSR count). The average molecular weight is 265 g/mol. The average Bonchev–Trinajstić information content (AvgIpc) is 2.29. The van der Waals surface area contributed by atoms with Gasteiger partial charge in [0.25, 0.3) is 0 Å². The van der Waals surface area contributed by atoms with Gasteiger partial charge in [0.1, 0.15) is 0 Å². The summed E-state index contributed by atoms with van der Waals surface area (Å²) in [7, 11) is -6.25. The SMILES string of the molecule is C[C@@]1([Si](C)(C)C)[C@@](C)([Si](C)(C)C)S1(=O)=O. The molecule has 0 N–H and O–H groups in total. The lowest BCUT2D eigenvalue weighted by atomic mass is 10.3. The van der Waals surface area contributed by atoms with E-state index in [4.69, 9.17) is 0 Å². The Labute approximate surface area is 96.4 Å². The maximum absolute atomic E-state index is 12.4. The van der Waals surface area contributed by atoms with Crippen LogP contribution in [0.3, 0.4) is 0 Å². The van der Waals surface area contributed by atoms with E-state index in [1.54, 1.807) is 0 Å². The molecular weight excluding hydrogens is 240 g/mol. The fraction of sp³-hybridized carbons (Fsp3) is 1.00. The van der Waals surface area contributed by atoms with Crippen molar-refractivity contribution in [3.8, 4) is 0 Å². The van der Waals surface area contributed by atoms with Gasteiger partial charge < -0.3 is 0 Å². The van der Waals surface area contributed by atoms with Crippen LogP contribution in [0.2, 0.25) is 39.3 Å². The highest BCUT2D eigenvalue weighted by atomic mass is 32.2. The molecule has 0 aliphatic carbocycles. The summed E-state index contributed by atoms with van der Waals surface area (Å²) >= 11 is 0. The third-order valence-electron chi connectivity index (χ3n) is 4.81. The van der Waals surface area contributed by atoms with Crippen LogP contribution in [0.1, 0.15) is 13.8 Å². The van der Waals surface area contributed by atoms with Crippen LogP contribution in [0, 0.1) is 0 Å². The zero-order chi connectivity index (χ0) is 12.5. The summed E-state index contributed by atoms with van der Waals surface area (Å²) in [5, 5.41) is 0. The van der Waals surface area contributed by atoms with Crippen molar-refractivity contribution in [3.63, 3.8) is 0 Å². The Bertz CT molecular complexity index is 357. The highest BCUT2D eigenvalue weighted by Gasteiger charge is 2.85. The zero-order valence-corrected chi connectivity index (χ0v) is 14.0. The highest BCUT2D eigenvalue weighted by Crippen LogP contribution is 2.64. The lowest BCUT2D eigenvalue weighted by molar-refractivity contribution is 0.609. The van der Waals surface area contributed by atoms with E-state index < -0.39 is 34.7 Å². The van der Waals surface area contributed by atoms with Gasteiger partial charge in [0, 0.05) is 0 Å². The van der Waals surface area contributed by atoms with Crippen LogP contribution in [0.4, 0.5) is 0 Å². The van der Waals surface area contributed by atoms with Gasteiger partial charge in [-0.2, -0.15) is 0 Å². The second-order valence-electron chi connectivity index (χ2n) is 7.07. The van der Waals surface area contributed by atoms with E-state index in [0.717, 1.165) is 0 Å². The molecule has 2 atom stereocenters. The summed E-state index contributed by atoms with van der Waals surface area (Å²) in [5.74, 6) is 0. The lowest BCUT2D eigenvalue weighted by Crippen LogP contribution is -2.53. The molecule has 0 spiro atoms. The molecule has 0 aromatic carbocycles. The molecule has 0 bridgehead atoms. The molecule has 0 aromatic rings. The molecule has 2 nitrogen and oxygen atoms in total. The van der Waals surface area contributed by atoms with Crippen LogP contribution in [0.25, 0.3) is 0 Å². The van der Waals surface area contributed by atoms with E-state index in [9.17, 15) is 8.42 Å². The van der Waals surface area contributed by atoms with Crippen molar-refractivity contribution in [1.29, 1.82) is 0 Å². The van der Waals surface area contributed by atoms with Gasteiger partial charge in [0.2, 0.25) is 0 Å². The molecule has 0 aromatic heterocycles. The summed E-state index contributed by atoms with van der Waals surface area (Å²) in [6.45, 7) is 17.0. The molecule has 90 valence electrons. The first-order valence-electron chi connectivity index (χ1n) is 5.49. The highest BCUT2D eigenvalue weighted by molar-refractivity contribution is 8.06. The minimum Gasteiger partial charge on any atom is -0.228 e. The number of sulfone groups is 1. The van der Waals surface area contributed by atoms with Gasteiger partial charge in [-0.05, 0) is 13.8 Å². The second-order valence-corrected chi connectivity index (χ2v) is 21.4. The summed E-state index contributed by atoms with van der Waals surface area (Å²) in [5.41, 5.74) is 0. The van der Waals surface area contributed by atoms with Crippen molar-refractivity contribution in [1.82, 2.24) is 0 Å². The second kappa shape index (κ2) is 2.79. The largest absolute Gasteiger partial charge is 0.228 e. The smallest absolute Gasteiger partial charge is 0.158 e. The third kappa shape index (κ3) is 1.17. The quantitative estimate of drug-likeness (QED) is 0.568. The van der Waals surface area contributed by atoms with Crippen LogP contribution in [0.5, 0.6) is 0 Å². The Morgan fingerprint density at radius 1 is 0.733 bits per heavy atom. The predicted molar refractivity (Wildman–Crippen MR) is 72.4 cm³/mol. The van der Waals surface area contributed by atoms with Crippen molar-refractivity contribution in [2.45, 2.75) is 61.9 Å². The van der Waals surface area contributed by atoms with Gasteiger partial charge in [0.15, 0.2) is 9.84 Å². The van der Waals surface area contributed by atoms with E-state index in [2.05, 4.69) is 39.3 Å². The lowest BCUT2D eigenvalue weighted by Gasteiger charge is -2.31. The fourth-order valence-electron chi connectivity index (χ4n) is 2.90. The molecule has 1 fully saturated rings. The predicted octanol–water partition coefficient (Wildman–Crippen LogP) is 2.69. The third-order valence-corrected chi connectivity index (χ3v) is 20.2. The summed E-state index contributed by atoms with van der Waals surface area (Å²) in [4.78, 5) is 0. The minimum atomic E-state index is -2.89. The Hall–Kier alpha value is 0.384. The van der Waals surface area contributed by atoms with E-state index in [0.29, 0.717) is 0 Å². The van der Waals surface area contributed by atoms with Crippen LogP contribution in [-0.4, -0.2) is 33.3 Å². The van der Waals surface area contributed by atoms with Crippen LogP contribution in [-0.2, 0) is 9.84 Å². The molecule has 0 radical (unpaired) electrons. The summed E-state index contributed by atoms with van der Waals surface area (Å²) in [6, 6.07) is 0. The van der Waals surface area contributed by atoms with Crippen molar-refractivity contribution in [3.05, 3.63) is 0 Å². The van der Waals surface area contributed by atoms with Gasteiger partial charge in [-0.3, -0.25) is 0 Å². The van der Waals surface area contributed by atoms with Crippen molar-refractivity contribution < 1.29 is 8.42 Å². The molecule has 1 heterocycles. The topological polar surface area (TPSA) is 34.1 Å². The first-order chi connectivity index (χ1) is 6.25. The van der Waals surface area contributed by atoms with Crippen molar-refractivity contribution >= 4 is 26.0 Å².